The maximum Gasteiger partial charge on any atom is 0.339 e. The van der Waals surface area contributed by atoms with Crippen molar-refractivity contribution in [1.82, 2.24) is 0 Å². The van der Waals surface area contributed by atoms with Crippen LogP contribution in [0.5, 0.6) is 0 Å². The van der Waals surface area contributed by atoms with Crippen LogP contribution < -0.4 is 4.90 Å². The molecule has 1 rings (SSSR count). The first-order valence-electron chi connectivity index (χ1n) is 6.05. The third kappa shape index (κ3) is 3.91. The van der Waals surface area contributed by atoms with Crippen molar-refractivity contribution in [2.75, 3.05) is 18.6 Å². The van der Waals surface area contributed by atoms with Gasteiger partial charge in [-0.3, -0.25) is 14.5 Å². The van der Waals surface area contributed by atoms with Crippen LogP contribution in [0.4, 0.5) is 5.69 Å². The van der Waals surface area contributed by atoms with Crippen LogP contribution in [0.3, 0.4) is 0 Å². The first-order chi connectivity index (χ1) is 9.92. The largest absolute Gasteiger partial charge is 0.465 e. The number of anilines is 1. The van der Waals surface area contributed by atoms with E-state index in [4.69, 9.17) is 5.11 Å². The Bertz CT molecular complexity index is 625. The summed E-state index contributed by atoms with van der Waals surface area (Å²) >= 11 is 0. The SMILES string of the molecule is COC(=O)c1cc(N(C(C)=O)C(C)=O)ccc1C#CCO. The number of ether oxygens (including phenoxy) is 1. The quantitative estimate of drug-likeness (QED) is 0.640. The highest BCUT2D eigenvalue weighted by atomic mass is 16.5. The van der Waals surface area contributed by atoms with E-state index in [0.29, 0.717) is 5.56 Å². The highest BCUT2D eigenvalue weighted by molar-refractivity contribution is 6.13. The van der Waals surface area contributed by atoms with Gasteiger partial charge in [0.1, 0.15) is 6.61 Å². The zero-order chi connectivity index (χ0) is 16.0. The monoisotopic (exact) mass is 289 g/mol. The summed E-state index contributed by atoms with van der Waals surface area (Å²) < 4.78 is 4.66. The van der Waals surface area contributed by atoms with Crippen LogP contribution in [0.25, 0.3) is 0 Å². The Morgan fingerprint density at radius 2 is 1.86 bits per heavy atom. The average molecular weight is 289 g/mol. The van der Waals surface area contributed by atoms with Crippen molar-refractivity contribution < 1.29 is 24.2 Å². The van der Waals surface area contributed by atoms with Gasteiger partial charge in [0.05, 0.1) is 18.4 Å². The number of aliphatic hydroxyl groups excluding tert-OH is 1. The van der Waals surface area contributed by atoms with Gasteiger partial charge in [-0.05, 0) is 18.2 Å². The smallest absolute Gasteiger partial charge is 0.339 e. The van der Waals surface area contributed by atoms with E-state index in [1.807, 2.05) is 0 Å². The van der Waals surface area contributed by atoms with Crippen LogP contribution in [0.1, 0.15) is 29.8 Å². The lowest BCUT2D eigenvalue weighted by Crippen LogP contribution is -2.33. The second-order valence-corrected chi connectivity index (χ2v) is 4.05. The summed E-state index contributed by atoms with van der Waals surface area (Å²) in [6.45, 7) is 2.15. The normalized spacial score (nSPS) is 9.33. The molecule has 0 saturated heterocycles. The van der Waals surface area contributed by atoms with Gasteiger partial charge in [-0.2, -0.15) is 0 Å². The molecule has 21 heavy (non-hydrogen) atoms. The number of carbonyl (C=O) groups excluding carboxylic acids is 3. The van der Waals surface area contributed by atoms with Gasteiger partial charge in [0.15, 0.2) is 0 Å². The van der Waals surface area contributed by atoms with Crippen molar-refractivity contribution in [2.45, 2.75) is 13.8 Å². The molecular formula is C15H15NO5. The lowest BCUT2D eigenvalue weighted by Gasteiger charge is -2.18. The van der Waals surface area contributed by atoms with Gasteiger partial charge < -0.3 is 9.84 Å². The van der Waals surface area contributed by atoms with E-state index < -0.39 is 17.8 Å². The van der Waals surface area contributed by atoms with Gasteiger partial charge in [0, 0.05) is 19.4 Å². The van der Waals surface area contributed by atoms with Crippen molar-refractivity contribution >= 4 is 23.5 Å². The predicted molar refractivity (Wildman–Crippen MR) is 75.6 cm³/mol. The summed E-state index contributed by atoms with van der Waals surface area (Å²) in [5, 5.41) is 8.72. The molecule has 110 valence electrons. The minimum absolute atomic E-state index is 0.114. The summed E-state index contributed by atoms with van der Waals surface area (Å²) in [5.74, 6) is 3.46. The molecule has 6 nitrogen and oxygen atoms in total. The number of amides is 2. The maximum absolute atomic E-state index is 11.8. The highest BCUT2D eigenvalue weighted by Crippen LogP contribution is 2.21. The maximum atomic E-state index is 11.8. The molecule has 0 aromatic heterocycles. The van der Waals surface area contributed by atoms with E-state index in [1.54, 1.807) is 0 Å². The van der Waals surface area contributed by atoms with Crippen molar-refractivity contribution in [2.24, 2.45) is 0 Å². The average Bonchev–Trinajstić information content (AvgIpc) is 2.44. The van der Waals surface area contributed by atoms with Crippen molar-refractivity contribution in [3.05, 3.63) is 29.3 Å². The molecule has 0 spiro atoms. The molecule has 0 aliphatic rings. The molecule has 1 aromatic carbocycles. The minimum Gasteiger partial charge on any atom is -0.465 e. The number of hydrogen-bond acceptors (Lipinski definition) is 5. The third-order valence-corrected chi connectivity index (χ3v) is 2.60. The van der Waals surface area contributed by atoms with Crippen LogP contribution >= 0.6 is 0 Å². The van der Waals surface area contributed by atoms with E-state index >= 15 is 0 Å². The number of esters is 1. The van der Waals surface area contributed by atoms with E-state index in [2.05, 4.69) is 16.6 Å². The Labute approximate surface area is 122 Å². The van der Waals surface area contributed by atoms with Crippen molar-refractivity contribution in [3.63, 3.8) is 0 Å². The molecule has 2 amide bonds. The van der Waals surface area contributed by atoms with Gasteiger partial charge in [-0.1, -0.05) is 11.8 Å². The first-order valence-corrected chi connectivity index (χ1v) is 6.05. The van der Waals surface area contributed by atoms with Gasteiger partial charge in [0.25, 0.3) is 0 Å². The summed E-state index contributed by atoms with van der Waals surface area (Å²) in [7, 11) is 1.21. The van der Waals surface area contributed by atoms with Gasteiger partial charge in [-0.15, -0.1) is 0 Å². The molecule has 0 saturated carbocycles. The Kier molecular flexibility index (Phi) is 5.64. The molecule has 6 heteroatoms. The molecule has 0 heterocycles. The third-order valence-electron chi connectivity index (χ3n) is 2.60. The number of imide groups is 1. The van der Waals surface area contributed by atoms with Crippen LogP contribution in [0, 0.1) is 11.8 Å². The van der Waals surface area contributed by atoms with Crippen LogP contribution in [0.2, 0.25) is 0 Å². The Balaban J connectivity index is 3.42. The van der Waals surface area contributed by atoms with Crippen molar-refractivity contribution in [1.29, 1.82) is 0 Å². The van der Waals surface area contributed by atoms with Gasteiger partial charge >= 0.3 is 5.97 Å². The predicted octanol–water partition coefficient (Wildman–Crippen LogP) is 0.716. The van der Waals surface area contributed by atoms with E-state index in [1.165, 1.54) is 39.2 Å². The van der Waals surface area contributed by atoms with Gasteiger partial charge in [-0.25, -0.2) is 4.79 Å². The lowest BCUT2D eigenvalue weighted by molar-refractivity contribution is -0.124. The molecule has 0 atom stereocenters. The molecule has 1 aromatic rings. The standard InChI is InChI=1S/C15H15NO5/c1-10(18)16(11(2)19)13-7-6-12(5-4-8-17)14(9-13)15(20)21-3/h6-7,9,17H,8H2,1-3H3. The number of rotatable bonds is 2. The number of methoxy groups -OCH3 is 1. The van der Waals surface area contributed by atoms with E-state index in [-0.39, 0.29) is 17.9 Å². The fourth-order valence-corrected chi connectivity index (χ4v) is 1.78. The zero-order valence-corrected chi connectivity index (χ0v) is 12.0. The second kappa shape index (κ2) is 7.22. The number of carbonyl (C=O) groups is 3. The molecule has 0 bridgehead atoms. The molecule has 1 N–H and O–H groups in total. The van der Waals surface area contributed by atoms with Crippen molar-refractivity contribution in [3.8, 4) is 11.8 Å². The lowest BCUT2D eigenvalue weighted by atomic mass is 10.1. The fraction of sp³-hybridized carbons (Fsp3) is 0.267. The van der Waals surface area contributed by atoms with Gasteiger partial charge in [0.2, 0.25) is 11.8 Å². The second-order valence-electron chi connectivity index (χ2n) is 4.05. The first kappa shape index (κ1) is 16.4. The molecule has 0 unspecified atom stereocenters. The van der Waals surface area contributed by atoms with Crippen LogP contribution in [0.15, 0.2) is 18.2 Å². The minimum atomic E-state index is -0.647. The summed E-state index contributed by atoms with van der Waals surface area (Å²) in [6.07, 6.45) is 0. The number of aliphatic hydroxyl groups is 1. The number of hydrogen-bond donors (Lipinski definition) is 1. The number of benzene rings is 1. The van der Waals surface area contributed by atoms with Crippen LogP contribution in [-0.2, 0) is 14.3 Å². The Morgan fingerprint density at radius 1 is 1.24 bits per heavy atom. The molecule has 0 fully saturated rings. The molecule has 0 aliphatic heterocycles. The van der Waals surface area contributed by atoms with E-state index in [0.717, 1.165) is 4.90 Å². The summed E-state index contributed by atoms with van der Waals surface area (Å²) in [6, 6.07) is 4.34. The Hall–Kier alpha value is -2.65. The van der Waals surface area contributed by atoms with Crippen LogP contribution in [-0.4, -0.2) is 36.6 Å². The number of nitrogens with zero attached hydrogens (tertiary/aromatic N) is 1. The molecular weight excluding hydrogens is 274 g/mol. The zero-order valence-electron chi connectivity index (χ0n) is 12.0. The summed E-state index contributed by atoms with van der Waals surface area (Å²) in [4.78, 5) is 35.8. The fourth-order valence-electron chi connectivity index (χ4n) is 1.78. The molecule has 0 radical (unpaired) electrons. The summed E-state index contributed by atoms with van der Waals surface area (Å²) in [5.41, 5.74) is 0.708. The highest BCUT2D eigenvalue weighted by Gasteiger charge is 2.19. The molecule has 0 aliphatic carbocycles. The topological polar surface area (TPSA) is 83.9 Å². The Morgan fingerprint density at radius 3 is 2.33 bits per heavy atom. The van der Waals surface area contributed by atoms with E-state index in [9.17, 15) is 14.4 Å².